The highest BCUT2D eigenvalue weighted by molar-refractivity contribution is 6.28. The Kier molecular flexibility index (Phi) is 11.5. The van der Waals surface area contributed by atoms with E-state index < -0.39 is 5.91 Å². The number of hydrogen-bond acceptors (Lipinski definition) is 10. The van der Waals surface area contributed by atoms with Crippen molar-refractivity contribution < 1.29 is 9.59 Å². The van der Waals surface area contributed by atoms with Crippen molar-refractivity contribution >= 4 is 51.2 Å². The van der Waals surface area contributed by atoms with E-state index in [4.69, 9.17) is 23.1 Å². The topological polar surface area (TPSA) is 159 Å². The predicted octanol–water partition coefficient (Wildman–Crippen LogP) is 1.24. The molecular weight excluding hydrogens is 568 g/mol. The lowest BCUT2D eigenvalue weighted by Gasteiger charge is -2.32. The number of fused-ring (bicyclic) bond motifs is 2. The summed E-state index contributed by atoms with van der Waals surface area (Å²) in [5.74, 6) is -0.115. The zero-order valence-electron chi connectivity index (χ0n) is 24.7. The van der Waals surface area contributed by atoms with Gasteiger partial charge in [-0.2, -0.15) is 0 Å². The largest absolute Gasteiger partial charge is 0.369 e. The molecule has 0 bridgehead atoms. The molecule has 6 rings (SSSR count). The standard InChI is InChI=1S/C15H19N5O.C10H8ClN3O.C5H12N2/c1-19-6-8-20(9-7-19)15-17-12-5-3-2-4-11(12)13(18-15)10-14(16)21;11-10-13-7-4-2-1-3-6(7)8(14-10)5-9(12)15;1-7-4-2-6-3-5-7/h2-5H,6-10H2,1H3,(H2,16,21);1-4H,5H2,(H2,12,15);6H,2-5H2,1H3. The van der Waals surface area contributed by atoms with Crippen LogP contribution in [0.2, 0.25) is 5.28 Å². The van der Waals surface area contributed by atoms with Gasteiger partial charge in [-0.1, -0.05) is 36.4 Å². The molecule has 4 aromatic rings. The van der Waals surface area contributed by atoms with Gasteiger partial charge in [0.15, 0.2) is 0 Å². The van der Waals surface area contributed by atoms with Crippen molar-refractivity contribution in [3.8, 4) is 0 Å². The number of carbonyl (C=O) groups is 2. The van der Waals surface area contributed by atoms with E-state index in [2.05, 4.69) is 54.0 Å². The third kappa shape index (κ3) is 9.52. The highest BCUT2D eigenvalue weighted by atomic mass is 35.5. The van der Waals surface area contributed by atoms with E-state index in [-0.39, 0.29) is 24.0 Å². The van der Waals surface area contributed by atoms with Crippen LogP contribution in [0.25, 0.3) is 21.8 Å². The fourth-order valence-electron chi connectivity index (χ4n) is 4.76. The number of anilines is 1. The van der Waals surface area contributed by atoms with E-state index in [0.29, 0.717) is 22.9 Å². The summed E-state index contributed by atoms with van der Waals surface area (Å²) >= 11 is 5.73. The van der Waals surface area contributed by atoms with Crippen LogP contribution in [0.15, 0.2) is 48.5 Å². The van der Waals surface area contributed by atoms with E-state index >= 15 is 0 Å². The predicted molar refractivity (Wildman–Crippen MR) is 170 cm³/mol. The molecule has 0 spiro atoms. The molecule has 5 N–H and O–H groups in total. The number of hydrogen-bond donors (Lipinski definition) is 3. The van der Waals surface area contributed by atoms with Gasteiger partial charge in [0.05, 0.1) is 35.3 Å². The maximum atomic E-state index is 11.3. The molecule has 4 heterocycles. The minimum absolute atomic E-state index is 0.0722. The van der Waals surface area contributed by atoms with Gasteiger partial charge in [0.25, 0.3) is 0 Å². The normalized spacial score (nSPS) is 15.7. The van der Waals surface area contributed by atoms with Crippen LogP contribution in [-0.2, 0) is 22.4 Å². The number of primary amides is 2. The second kappa shape index (κ2) is 15.5. The second-order valence-corrected chi connectivity index (χ2v) is 10.9. The number of carbonyl (C=O) groups excluding carboxylic acids is 2. The van der Waals surface area contributed by atoms with Crippen LogP contribution < -0.4 is 21.7 Å². The number of aromatic nitrogens is 4. The Hall–Kier alpha value is -3.97. The summed E-state index contributed by atoms with van der Waals surface area (Å²) in [7, 11) is 4.26. The minimum atomic E-state index is -0.435. The third-order valence-corrected chi connectivity index (χ3v) is 7.30. The second-order valence-electron chi connectivity index (χ2n) is 10.6. The average molecular weight is 607 g/mol. The lowest BCUT2D eigenvalue weighted by Crippen LogP contribution is -2.45. The Morgan fingerprint density at radius 2 is 1.21 bits per heavy atom. The number of nitrogens with one attached hydrogen (secondary N) is 1. The zero-order valence-corrected chi connectivity index (χ0v) is 25.4. The summed E-state index contributed by atoms with van der Waals surface area (Å²) in [5, 5.41) is 5.11. The number of para-hydroxylation sites is 2. The van der Waals surface area contributed by atoms with Crippen LogP contribution in [0.5, 0.6) is 0 Å². The quantitative estimate of drug-likeness (QED) is 0.282. The number of piperazine rings is 2. The maximum absolute atomic E-state index is 11.3. The van der Waals surface area contributed by atoms with E-state index in [1.54, 1.807) is 0 Å². The number of nitrogens with two attached hydrogens (primary N) is 2. The molecule has 12 nitrogen and oxygen atoms in total. The van der Waals surface area contributed by atoms with Gasteiger partial charge in [-0.15, -0.1) is 0 Å². The molecule has 0 unspecified atom stereocenters. The van der Waals surface area contributed by atoms with Gasteiger partial charge in [0.2, 0.25) is 23.0 Å². The van der Waals surface area contributed by atoms with Crippen molar-refractivity contribution in [2.45, 2.75) is 12.8 Å². The summed E-state index contributed by atoms with van der Waals surface area (Å²) in [5.41, 5.74) is 13.3. The number of nitrogens with zero attached hydrogens (tertiary/aromatic N) is 7. The first-order valence-corrected chi connectivity index (χ1v) is 14.6. The maximum Gasteiger partial charge on any atom is 0.226 e. The van der Waals surface area contributed by atoms with E-state index in [1.807, 2.05) is 48.5 Å². The van der Waals surface area contributed by atoms with Crippen molar-refractivity contribution in [1.29, 1.82) is 0 Å². The van der Waals surface area contributed by atoms with Gasteiger partial charge in [-0.05, 0) is 37.8 Å². The summed E-state index contributed by atoms with van der Waals surface area (Å²) in [4.78, 5) is 46.2. The van der Waals surface area contributed by atoms with Crippen molar-refractivity contribution in [2.24, 2.45) is 11.5 Å². The molecule has 2 aliphatic heterocycles. The molecule has 43 heavy (non-hydrogen) atoms. The van der Waals surface area contributed by atoms with E-state index in [9.17, 15) is 9.59 Å². The number of likely N-dealkylation sites (N-methyl/N-ethyl adjacent to an activating group) is 2. The Morgan fingerprint density at radius 1 is 0.721 bits per heavy atom. The molecule has 2 saturated heterocycles. The van der Waals surface area contributed by atoms with Gasteiger partial charge in [0, 0.05) is 63.1 Å². The monoisotopic (exact) mass is 606 g/mol. The third-order valence-electron chi connectivity index (χ3n) is 7.14. The van der Waals surface area contributed by atoms with Gasteiger partial charge < -0.3 is 31.5 Å². The summed E-state index contributed by atoms with van der Waals surface area (Å²) in [6.45, 7) is 8.51. The Bertz CT molecular complexity index is 1540. The van der Waals surface area contributed by atoms with Crippen LogP contribution in [0.1, 0.15) is 11.4 Å². The average Bonchev–Trinajstić information content (AvgIpc) is 2.98. The van der Waals surface area contributed by atoms with Crippen molar-refractivity contribution in [1.82, 2.24) is 35.1 Å². The highest BCUT2D eigenvalue weighted by Gasteiger charge is 2.19. The van der Waals surface area contributed by atoms with Gasteiger partial charge >= 0.3 is 0 Å². The Balaban J connectivity index is 0.000000167. The Morgan fingerprint density at radius 3 is 1.72 bits per heavy atom. The van der Waals surface area contributed by atoms with Crippen LogP contribution >= 0.6 is 11.6 Å². The number of rotatable bonds is 5. The number of benzene rings is 2. The van der Waals surface area contributed by atoms with Crippen molar-refractivity contribution in [3.05, 3.63) is 65.2 Å². The number of halogens is 1. The SMILES string of the molecule is CN1CCN(c2nc(CC(N)=O)c3ccccc3n2)CC1.CN1CCNCC1.NC(=O)Cc1nc(Cl)nc2ccccc12. The molecule has 0 atom stereocenters. The molecule has 2 aliphatic rings. The van der Waals surface area contributed by atoms with Gasteiger partial charge in [0.1, 0.15) is 0 Å². The minimum Gasteiger partial charge on any atom is -0.369 e. The summed E-state index contributed by atoms with van der Waals surface area (Å²) in [6.07, 6.45) is 0.215. The number of amides is 2. The molecule has 0 saturated carbocycles. The molecule has 13 heteroatoms. The first-order valence-electron chi connectivity index (χ1n) is 14.3. The zero-order chi connectivity index (χ0) is 30.8. The smallest absolute Gasteiger partial charge is 0.226 e. The first-order chi connectivity index (χ1) is 20.7. The highest BCUT2D eigenvalue weighted by Crippen LogP contribution is 2.21. The first kappa shape index (κ1) is 32.0. The van der Waals surface area contributed by atoms with Gasteiger partial charge in [-0.3, -0.25) is 9.59 Å². The molecule has 2 amide bonds. The van der Waals surface area contributed by atoms with Crippen LogP contribution in [0.3, 0.4) is 0 Å². The summed E-state index contributed by atoms with van der Waals surface area (Å²) in [6, 6.07) is 15.1. The molecule has 2 fully saturated rings. The molecule has 0 aliphatic carbocycles. The molecule has 2 aromatic carbocycles. The molecular formula is C30H39ClN10O2. The molecule has 0 radical (unpaired) electrons. The van der Waals surface area contributed by atoms with Crippen molar-refractivity contribution in [2.75, 3.05) is 71.4 Å². The lowest BCUT2D eigenvalue weighted by molar-refractivity contribution is -0.118. The van der Waals surface area contributed by atoms with Crippen LogP contribution in [-0.4, -0.2) is 108 Å². The lowest BCUT2D eigenvalue weighted by atomic mass is 10.1. The van der Waals surface area contributed by atoms with Crippen molar-refractivity contribution in [3.63, 3.8) is 0 Å². The van der Waals surface area contributed by atoms with E-state index in [1.165, 1.54) is 13.1 Å². The van der Waals surface area contributed by atoms with Gasteiger partial charge in [-0.25, -0.2) is 19.9 Å². The molecule has 228 valence electrons. The summed E-state index contributed by atoms with van der Waals surface area (Å²) < 4.78 is 0. The van der Waals surface area contributed by atoms with Crippen LogP contribution in [0.4, 0.5) is 5.95 Å². The van der Waals surface area contributed by atoms with Crippen LogP contribution in [0, 0.1) is 0 Å². The van der Waals surface area contributed by atoms with E-state index in [0.717, 1.165) is 55.6 Å². The fourth-order valence-corrected chi connectivity index (χ4v) is 4.96. The Labute approximate surface area is 256 Å². The fraction of sp³-hybridized carbons (Fsp3) is 0.400. The molecule has 2 aromatic heterocycles.